The molecular formula is C17H20N4O4. The van der Waals surface area contributed by atoms with E-state index in [4.69, 9.17) is 4.74 Å². The molecule has 8 nitrogen and oxygen atoms in total. The Morgan fingerprint density at radius 2 is 1.80 bits per heavy atom. The number of para-hydroxylation sites is 1. The predicted octanol–water partition coefficient (Wildman–Crippen LogP) is 1.49. The number of nitrogens with one attached hydrogen (secondary N) is 2. The third-order valence-electron chi connectivity index (χ3n) is 3.61. The average molecular weight is 344 g/mol. The van der Waals surface area contributed by atoms with Crippen molar-refractivity contribution in [1.29, 1.82) is 0 Å². The molecule has 0 fully saturated rings. The molecule has 8 heteroatoms. The number of carbonyl (C=O) groups excluding carboxylic acids is 3. The number of hydrogen-bond acceptors (Lipinski definition) is 5. The van der Waals surface area contributed by atoms with E-state index in [0.29, 0.717) is 17.0 Å². The second-order valence-corrected chi connectivity index (χ2v) is 5.41. The topological polar surface area (TPSA) is 102 Å². The minimum Gasteiger partial charge on any atom is -0.449 e. The molecule has 132 valence electrons. The molecule has 0 bridgehead atoms. The highest BCUT2D eigenvalue weighted by Crippen LogP contribution is 2.19. The molecule has 2 N–H and O–H groups in total. The van der Waals surface area contributed by atoms with Gasteiger partial charge >= 0.3 is 12.0 Å². The molecule has 0 unspecified atom stereocenters. The average Bonchev–Trinajstić information content (AvgIpc) is 2.89. The van der Waals surface area contributed by atoms with Crippen LogP contribution in [0, 0.1) is 13.8 Å². The number of rotatable bonds is 4. The number of aromatic nitrogens is 2. The number of hydrogen-bond donors (Lipinski definition) is 2. The molecule has 0 aliphatic rings. The second-order valence-electron chi connectivity index (χ2n) is 5.41. The van der Waals surface area contributed by atoms with Gasteiger partial charge in [0, 0.05) is 7.05 Å². The van der Waals surface area contributed by atoms with Gasteiger partial charge in [0.1, 0.15) is 5.56 Å². The fourth-order valence-electron chi connectivity index (χ4n) is 2.31. The Morgan fingerprint density at radius 1 is 1.16 bits per heavy atom. The van der Waals surface area contributed by atoms with Crippen LogP contribution < -0.4 is 10.6 Å². The maximum Gasteiger partial charge on any atom is 0.342 e. The number of ether oxygens (including phenoxy) is 1. The third-order valence-corrected chi connectivity index (χ3v) is 3.61. The van der Waals surface area contributed by atoms with Crippen LogP contribution >= 0.6 is 0 Å². The first kappa shape index (κ1) is 18.2. The second kappa shape index (κ2) is 7.61. The molecule has 1 heterocycles. The van der Waals surface area contributed by atoms with Crippen LogP contribution in [0.15, 0.2) is 30.3 Å². The number of amides is 3. The van der Waals surface area contributed by atoms with Crippen molar-refractivity contribution in [1.82, 2.24) is 20.4 Å². The molecule has 0 saturated heterocycles. The van der Waals surface area contributed by atoms with Gasteiger partial charge in [-0.1, -0.05) is 18.2 Å². The highest BCUT2D eigenvalue weighted by molar-refractivity contribution is 5.99. The monoisotopic (exact) mass is 344 g/mol. The highest BCUT2D eigenvalue weighted by atomic mass is 16.5. The van der Waals surface area contributed by atoms with Gasteiger partial charge in [0.15, 0.2) is 6.10 Å². The Labute approximate surface area is 145 Å². The zero-order chi connectivity index (χ0) is 18.6. The summed E-state index contributed by atoms with van der Waals surface area (Å²) in [6.45, 7) is 4.83. The van der Waals surface area contributed by atoms with Gasteiger partial charge < -0.3 is 10.1 Å². The Bertz CT molecular complexity index is 798. The normalized spacial score (nSPS) is 11.5. The number of benzene rings is 1. The van der Waals surface area contributed by atoms with Crippen molar-refractivity contribution in [3.63, 3.8) is 0 Å². The van der Waals surface area contributed by atoms with Crippen molar-refractivity contribution in [3.8, 4) is 5.69 Å². The van der Waals surface area contributed by atoms with Crippen LogP contribution in [0.2, 0.25) is 0 Å². The van der Waals surface area contributed by atoms with Crippen LogP contribution in [0.25, 0.3) is 5.69 Å². The lowest BCUT2D eigenvalue weighted by atomic mass is 10.2. The summed E-state index contributed by atoms with van der Waals surface area (Å²) in [7, 11) is 1.38. The van der Waals surface area contributed by atoms with E-state index in [2.05, 4.69) is 15.7 Å². The van der Waals surface area contributed by atoms with Crippen molar-refractivity contribution >= 4 is 17.9 Å². The molecule has 3 amide bonds. The molecule has 0 aliphatic carbocycles. The molecular weight excluding hydrogens is 324 g/mol. The Balaban J connectivity index is 2.19. The van der Waals surface area contributed by atoms with Gasteiger partial charge in [-0.25, -0.2) is 14.3 Å². The number of urea groups is 1. The van der Waals surface area contributed by atoms with E-state index in [1.807, 2.05) is 30.3 Å². The SMILES string of the molecule is CNC(=O)NC(=O)[C@H](C)OC(=O)c1c(C)nn(-c2ccccc2)c1C. The fraction of sp³-hybridized carbons (Fsp3) is 0.294. The van der Waals surface area contributed by atoms with E-state index in [1.54, 1.807) is 18.5 Å². The molecule has 0 saturated carbocycles. The Kier molecular flexibility index (Phi) is 5.53. The molecule has 2 rings (SSSR count). The maximum atomic E-state index is 12.4. The van der Waals surface area contributed by atoms with E-state index in [9.17, 15) is 14.4 Å². The van der Waals surface area contributed by atoms with Crippen molar-refractivity contribution in [2.75, 3.05) is 7.05 Å². The van der Waals surface area contributed by atoms with Gasteiger partial charge in [-0.15, -0.1) is 0 Å². The molecule has 0 aliphatic heterocycles. The summed E-state index contributed by atoms with van der Waals surface area (Å²) in [5, 5.41) is 8.68. The highest BCUT2D eigenvalue weighted by Gasteiger charge is 2.25. The number of nitrogens with zero attached hydrogens (tertiary/aromatic N) is 2. The Morgan fingerprint density at radius 3 is 2.40 bits per heavy atom. The summed E-state index contributed by atoms with van der Waals surface area (Å²) in [5.74, 6) is -1.38. The van der Waals surface area contributed by atoms with E-state index in [0.717, 1.165) is 5.69 Å². The van der Waals surface area contributed by atoms with E-state index < -0.39 is 24.0 Å². The zero-order valence-corrected chi connectivity index (χ0v) is 14.5. The number of imide groups is 1. The van der Waals surface area contributed by atoms with E-state index in [1.165, 1.54) is 14.0 Å². The first-order chi connectivity index (χ1) is 11.8. The van der Waals surface area contributed by atoms with Crippen molar-refractivity contribution in [2.45, 2.75) is 26.9 Å². The van der Waals surface area contributed by atoms with Crippen LogP contribution in [-0.2, 0) is 9.53 Å². The minimum absolute atomic E-state index is 0.295. The van der Waals surface area contributed by atoms with Crippen LogP contribution in [0.3, 0.4) is 0 Å². The standard InChI is InChI=1S/C17H20N4O4/c1-10-14(11(2)21(20-10)13-8-6-5-7-9-13)16(23)25-12(3)15(22)19-17(24)18-4/h5-9,12H,1-4H3,(H2,18,19,22,24)/t12-/m0/s1. The number of esters is 1. The summed E-state index contributed by atoms with van der Waals surface area (Å²) >= 11 is 0. The molecule has 0 radical (unpaired) electrons. The summed E-state index contributed by atoms with van der Waals surface area (Å²) in [5.41, 5.74) is 2.20. The quantitative estimate of drug-likeness (QED) is 0.818. The largest absolute Gasteiger partial charge is 0.449 e. The van der Waals surface area contributed by atoms with Crippen LogP contribution in [0.4, 0.5) is 4.79 Å². The molecule has 2 aromatic rings. The number of carbonyl (C=O) groups is 3. The first-order valence-corrected chi connectivity index (χ1v) is 7.70. The Hall–Kier alpha value is -3.16. The summed E-state index contributed by atoms with van der Waals surface area (Å²) < 4.78 is 6.81. The maximum absolute atomic E-state index is 12.4. The van der Waals surface area contributed by atoms with Crippen molar-refractivity contribution in [3.05, 3.63) is 47.3 Å². The smallest absolute Gasteiger partial charge is 0.342 e. The van der Waals surface area contributed by atoms with E-state index in [-0.39, 0.29) is 0 Å². The van der Waals surface area contributed by atoms with Gasteiger partial charge in [0.25, 0.3) is 5.91 Å². The van der Waals surface area contributed by atoms with Crippen molar-refractivity contribution in [2.24, 2.45) is 0 Å². The number of aryl methyl sites for hydroxylation is 1. The fourth-order valence-corrected chi connectivity index (χ4v) is 2.31. The van der Waals surface area contributed by atoms with Gasteiger partial charge in [-0.3, -0.25) is 10.1 Å². The predicted molar refractivity (Wildman–Crippen MR) is 90.5 cm³/mol. The third kappa shape index (κ3) is 4.03. The zero-order valence-electron chi connectivity index (χ0n) is 14.5. The van der Waals surface area contributed by atoms with Crippen LogP contribution in [0.1, 0.15) is 28.7 Å². The van der Waals surface area contributed by atoms with Gasteiger partial charge in [0.05, 0.1) is 17.1 Å². The van der Waals surface area contributed by atoms with Gasteiger partial charge in [-0.2, -0.15) is 5.10 Å². The first-order valence-electron chi connectivity index (χ1n) is 7.70. The lowest BCUT2D eigenvalue weighted by Gasteiger charge is -2.13. The molecule has 1 atom stereocenters. The molecule has 1 aromatic carbocycles. The van der Waals surface area contributed by atoms with Gasteiger partial charge in [0.2, 0.25) is 0 Å². The van der Waals surface area contributed by atoms with E-state index >= 15 is 0 Å². The summed E-state index contributed by atoms with van der Waals surface area (Å²) in [4.78, 5) is 35.4. The van der Waals surface area contributed by atoms with Gasteiger partial charge in [-0.05, 0) is 32.9 Å². The molecule has 1 aromatic heterocycles. The summed E-state index contributed by atoms with van der Waals surface area (Å²) in [6.07, 6.45) is -1.12. The summed E-state index contributed by atoms with van der Waals surface area (Å²) in [6, 6.07) is 8.69. The van der Waals surface area contributed by atoms with Crippen LogP contribution in [-0.4, -0.2) is 40.8 Å². The molecule has 0 spiro atoms. The lowest BCUT2D eigenvalue weighted by molar-refractivity contribution is -0.127. The lowest BCUT2D eigenvalue weighted by Crippen LogP contribution is -2.43. The van der Waals surface area contributed by atoms with Crippen LogP contribution in [0.5, 0.6) is 0 Å². The minimum atomic E-state index is -1.12. The van der Waals surface area contributed by atoms with Crippen molar-refractivity contribution < 1.29 is 19.1 Å². The molecule has 25 heavy (non-hydrogen) atoms.